The van der Waals surface area contributed by atoms with Crippen molar-refractivity contribution in [3.05, 3.63) is 140 Å². The van der Waals surface area contributed by atoms with Gasteiger partial charge in [0.05, 0.1) is 0 Å². The van der Waals surface area contributed by atoms with Crippen molar-refractivity contribution in [1.82, 2.24) is 4.98 Å². The van der Waals surface area contributed by atoms with Gasteiger partial charge in [-0.2, -0.15) is 0 Å². The summed E-state index contributed by atoms with van der Waals surface area (Å²) in [6.45, 7) is 0. The molecule has 1 nitrogen and oxygen atoms in total. The first-order chi connectivity index (χ1) is 20.4. The summed E-state index contributed by atoms with van der Waals surface area (Å²) >= 11 is 1.83. The van der Waals surface area contributed by atoms with Crippen molar-refractivity contribution >= 4 is 76.4 Å². The molecule has 0 bridgehead atoms. The fraction of sp³-hybridized carbons (Fsp3) is 0. The van der Waals surface area contributed by atoms with Gasteiger partial charge in [0.1, 0.15) is 0 Å². The highest BCUT2D eigenvalue weighted by molar-refractivity contribution is 7.99. The third kappa shape index (κ3) is 3.29. The van der Waals surface area contributed by atoms with Crippen LogP contribution in [0.3, 0.4) is 0 Å². The summed E-state index contributed by atoms with van der Waals surface area (Å²) < 4.78 is 0. The number of hydrogen-bond acceptors (Lipinski definition) is 2. The molecule has 0 unspecified atom stereocenters. The molecule has 0 amide bonds. The average molecular weight is 538 g/mol. The Morgan fingerprint density at radius 1 is 0.415 bits per heavy atom. The van der Waals surface area contributed by atoms with Crippen molar-refractivity contribution in [3.63, 3.8) is 0 Å². The van der Waals surface area contributed by atoms with Gasteiger partial charge in [-0.25, -0.2) is 0 Å². The Morgan fingerprint density at radius 2 is 1.02 bits per heavy atom. The first kappa shape index (κ1) is 22.9. The van der Waals surface area contributed by atoms with E-state index >= 15 is 0 Å². The van der Waals surface area contributed by atoms with Crippen molar-refractivity contribution in [2.75, 3.05) is 0 Å². The van der Waals surface area contributed by atoms with Crippen molar-refractivity contribution in [2.45, 2.75) is 9.79 Å². The zero-order valence-electron chi connectivity index (χ0n) is 22.1. The molecule has 9 rings (SSSR count). The van der Waals surface area contributed by atoms with Crippen LogP contribution in [0.4, 0.5) is 0 Å². The van der Waals surface area contributed by atoms with Crippen LogP contribution < -0.4 is 0 Å². The van der Waals surface area contributed by atoms with E-state index in [9.17, 15) is 0 Å². The SMILES string of the molecule is c1ccc(Sc2c3ccccc3c(-c3ccc4c5cccc6cccc(c7cccc3c74)c65)c3cnccc23)cc1. The number of rotatable bonds is 3. The molecule has 0 saturated heterocycles. The van der Waals surface area contributed by atoms with Crippen LogP contribution in [0.5, 0.6) is 0 Å². The van der Waals surface area contributed by atoms with E-state index < -0.39 is 0 Å². The number of nitrogens with zero attached hydrogens (tertiary/aromatic N) is 1. The quantitative estimate of drug-likeness (QED) is 0.164. The summed E-state index contributed by atoms with van der Waals surface area (Å²) in [6.07, 6.45) is 3.98. The van der Waals surface area contributed by atoms with Crippen LogP contribution in [0.1, 0.15) is 0 Å². The highest BCUT2D eigenvalue weighted by Crippen LogP contribution is 2.48. The monoisotopic (exact) mass is 537 g/mol. The van der Waals surface area contributed by atoms with E-state index in [-0.39, 0.29) is 0 Å². The van der Waals surface area contributed by atoms with Crippen LogP contribution in [0.25, 0.3) is 75.8 Å². The summed E-state index contributed by atoms with van der Waals surface area (Å²) in [5, 5.41) is 15.5. The standard InChI is InChI=1S/C39H23NS/c1-2-11-25(12-3-1)41-39-33-14-5-4-13-30(33)38(35-23-40-22-21-34(35)39)32-20-19-31-27-16-7-10-24-9-6-15-26(36(24)27)28-17-8-18-29(32)37(28)31/h1-23H. The molecule has 0 aliphatic rings. The van der Waals surface area contributed by atoms with Gasteiger partial charge in [-0.15, -0.1) is 0 Å². The Morgan fingerprint density at radius 3 is 1.83 bits per heavy atom. The van der Waals surface area contributed by atoms with Gasteiger partial charge in [0.2, 0.25) is 0 Å². The number of pyridine rings is 1. The minimum atomic E-state index is 1.18. The molecule has 0 spiro atoms. The molecular formula is C39H23NS. The predicted octanol–water partition coefficient (Wildman–Crippen LogP) is 11.3. The summed E-state index contributed by atoms with van der Waals surface area (Å²) in [6, 6.07) is 46.6. The lowest BCUT2D eigenvalue weighted by Crippen LogP contribution is -1.93. The molecule has 190 valence electrons. The molecule has 0 fully saturated rings. The summed E-state index contributed by atoms with van der Waals surface area (Å²) in [5.74, 6) is 0. The molecule has 41 heavy (non-hydrogen) atoms. The smallest absolute Gasteiger partial charge is 0.0353 e. The Hall–Kier alpha value is -4.92. The Labute approximate surface area is 241 Å². The van der Waals surface area contributed by atoms with Gasteiger partial charge in [0.25, 0.3) is 0 Å². The lowest BCUT2D eigenvalue weighted by Gasteiger charge is -2.20. The Balaban J connectivity index is 1.43. The van der Waals surface area contributed by atoms with E-state index in [1.165, 1.54) is 85.6 Å². The molecule has 0 radical (unpaired) electrons. The van der Waals surface area contributed by atoms with Crippen LogP contribution in [-0.2, 0) is 0 Å². The van der Waals surface area contributed by atoms with Crippen LogP contribution in [-0.4, -0.2) is 4.98 Å². The van der Waals surface area contributed by atoms with Gasteiger partial charge in [-0.05, 0) is 88.6 Å². The molecule has 1 heterocycles. The largest absolute Gasteiger partial charge is 0.264 e. The maximum atomic E-state index is 4.64. The van der Waals surface area contributed by atoms with Crippen molar-refractivity contribution < 1.29 is 0 Å². The van der Waals surface area contributed by atoms with Crippen molar-refractivity contribution in [3.8, 4) is 11.1 Å². The van der Waals surface area contributed by atoms with E-state index in [1.807, 2.05) is 18.0 Å². The van der Waals surface area contributed by atoms with Gasteiger partial charge in [-0.3, -0.25) is 4.98 Å². The molecule has 9 aromatic rings. The molecule has 0 N–H and O–H groups in total. The lowest BCUT2D eigenvalue weighted by molar-refractivity contribution is 1.36. The van der Waals surface area contributed by atoms with Gasteiger partial charge in [-0.1, -0.05) is 121 Å². The molecule has 0 saturated carbocycles. The maximum Gasteiger partial charge on any atom is 0.0353 e. The molecule has 0 atom stereocenters. The first-order valence-corrected chi connectivity index (χ1v) is 14.8. The number of benzene rings is 8. The van der Waals surface area contributed by atoms with Crippen LogP contribution in [0, 0.1) is 0 Å². The normalized spacial score (nSPS) is 12.0. The number of fused-ring (bicyclic) bond motifs is 4. The third-order valence-corrected chi connectivity index (χ3v) is 9.69. The predicted molar refractivity (Wildman–Crippen MR) is 176 cm³/mol. The zero-order valence-corrected chi connectivity index (χ0v) is 23.0. The summed E-state index contributed by atoms with van der Waals surface area (Å²) in [7, 11) is 0. The molecule has 1 aromatic heterocycles. The van der Waals surface area contributed by atoms with Crippen molar-refractivity contribution in [1.29, 1.82) is 0 Å². The summed E-state index contributed by atoms with van der Waals surface area (Å²) in [5.41, 5.74) is 2.50. The topological polar surface area (TPSA) is 12.9 Å². The Kier molecular flexibility index (Phi) is 4.90. The van der Waals surface area contributed by atoms with Crippen LogP contribution in [0.2, 0.25) is 0 Å². The molecule has 8 aromatic carbocycles. The maximum absolute atomic E-state index is 4.64. The van der Waals surface area contributed by atoms with Gasteiger partial charge < -0.3 is 0 Å². The fourth-order valence-corrected chi connectivity index (χ4v) is 7.96. The Bertz CT molecular complexity index is 2340. The molecular weight excluding hydrogens is 515 g/mol. The summed E-state index contributed by atoms with van der Waals surface area (Å²) in [4.78, 5) is 7.15. The molecule has 0 aliphatic carbocycles. The number of aromatic nitrogens is 1. The van der Waals surface area contributed by atoms with E-state index in [4.69, 9.17) is 0 Å². The van der Waals surface area contributed by atoms with Gasteiger partial charge in [0.15, 0.2) is 0 Å². The zero-order chi connectivity index (χ0) is 26.9. The first-order valence-electron chi connectivity index (χ1n) is 14.0. The second-order valence-electron chi connectivity index (χ2n) is 10.7. The second kappa shape index (κ2) is 8.79. The minimum absolute atomic E-state index is 1.18. The second-order valence-corrected chi connectivity index (χ2v) is 11.8. The highest BCUT2D eigenvalue weighted by Gasteiger charge is 2.20. The number of hydrogen-bond donors (Lipinski definition) is 0. The van der Waals surface area contributed by atoms with Crippen LogP contribution >= 0.6 is 11.8 Å². The van der Waals surface area contributed by atoms with E-state index in [0.717, 1.165) is 0 Å². The lowest BCUT2D eigenvalue weighted by atomic mass is 9.85. The van der Waals surface area contributed by atoms with Crippen molar-refractivity contribution in [2.24, 2.45) is 0 Å². The average Bonchev–Trinajstić information content (AvgIpc) is 3.04. The minimum Gasteiger partial charge on any atom is -0.264 e. The molecule has 2 heteroatoms. The van der Waals surface area contributed by atoms with Crippen LogP contribution in [0.15, 0.2) is 150 Å². The highest BCUT2D eigenvalue weighted by atomic mass is 32.2. The third-order valence-electron chi connectivity index (χ3n) is 8.53. The van der Waals surface area contributed by atoms with E-state index in [1.54, 1.807) is 0 Å². The van der Waals surface area contributed by atoms with Gasteiger partial charge in [0, 0.05) is 27.6 Å². The fourth-order valence-electron chi connectivity index (χ4n) is 6.85. The molecule has 0 aliphatic heterocycles. The van der Waals surface area contributed by atoms with E-state index in [2.05, 4.69) is 139 Å². The van der Waals surface area contributed by atoms with Gasteiger partial charge >= 0.3 is 0 Å². The van der Waals surface area contributed by atoms with E-state index in [0.29, 0.717) is 0 Å².